The Morgan fingerprint density at radius 1 is 1.12 bits per heavy atom. The molecule has 0 atom stereocenters. The van der Waals surface area contributed by atoms with Gasteiger partial charge < -0.3 is 9.88 Å². The van der Waals surface area contributed by atoms with Crippen LogP contribution in [0.4, 0.5) is 5.69 Å². The highest BCUT2D eigenvalue weighted by molar-refractivity contribution is 5.71. The molecule has 0 saturated carbocycles. The summed E-state index contributed by atoms with van der Waals surface area (Å²) in [4.78, 5) is 32.1. The van der Waals surface area contributed by atoms with Crippen LogP contribution >= 0.6 is 0 Å². The van der Waals surface area contributed by atoms with Crippen molar-refractivity contribution in [2.75, 3.05) is 5.32 Å². The van der Waals surface area contributed by atoms with Gasteiger partial charge in [0.05, 0.1) is 12.2 Å². The summed E-state index contributed by atoms with van der Waals surface area (Å²) >= 11 is 0. The van der Waals surface area contributed by atoms with Crippen LogP contribution in [0.25, 0.3) is 16.9 Å². The molecule has 3 aromatic heterocycles. The van der Waals surface area contributed by atoms with Crippen LogP contribution in [0.5, 0.6) is 0 Å². The largest absolute Gasteiger partial charge is 0.378 e. The van der Waals surface area contributed by atoms with Crippen molar-refractivity contribution < 1.29 is 0 Å². The molecule has 0 aliphatic rings. The number of nitrogens with one attached hydrogen (secondary N) is 2. The zero-order chi connectivity index (χ0) is 22.8. The third kappa shape index (κ3) is 3.81. The Labute approximate surface area is 184 Å². The van der Waals surface area contributed by atoms with Gasteiger partial charge in [-0.3, -0.25) is 14.3 Å². The van der Waals surface area contributed by atoms with Gasteiger partial charge in [0, 0.05) is 18.8 Å². The van der Waals surface area contributed by atoms with Crippen molar-refractivity contribution >= 4 is 16.9 Å². The number of nitrogens with zero attached hydrogens (tertiary/aromatic N) is 7. The fraction of sp³-hybridized carbons (Fsp3) is 0.429. The summed E-state index contributed by atoms with van der Waals surface area (Å²) in [6.45, 7) is 9.32. The van der Waals surface area contributed by atoms with Crippen molar-refractivity contribution in [3.63, 3.8) is 0 Å². The Hall–Kier alpha value is -3.76. The standard InChI is InChI=1S/C21H27N9O2/c1-5-7-10-29-19-18(20(31)24-21(29)32)28(6-2)17(23-19)12-22-15-9-8-13(3)16(11-15)30-14(4)25-26-27-30/h8-9,11,22H,5-7,10,12H2,1-4H3,(H,24,31,32). The van der Waals surface area contributed by atoms with E-state index in [-0.39, 0.29) is 0 Å². The molecule has 4 rings (SSSR count). The second-order valence-electron chi connectivity index (χ2n) is 7.70. The molecule has 2 N–H and O–H groups in total. The maximum atomic E-state index is 12.6. The van der Waals surface area contributed by atoms with Crippen LogP contribution < -0.4 is 16.6 Å². The normalized spacial score (nSPS) is 11.4. The topological polar surface area (TPSA) is 128 Å². The van der Waals surface area contributed by atoms with E-state index < -0.39 is 11.2 Å². The number of H-pyrrole nitrogens is 1. The Kier molecular flexibility index (Phi) is 5.89. The highest BCUT2D eigenvalue weighted by atomic mass is 16.2. The van der Waals surface area contributed by atoms with E-state index in [4.69, 9.17) is 0 Å². The van der Waals surface area contributed by atoms with Crippen LogP contribution in [0.15, 0.2) is 27.8 Å². The summed E-state index contributed by atoms with van der Waals surface area (Å²) in [5.74, 6) is 1.38. The van der Waals surface area contributed by atoms with E-state index in [1.807, 2.05) is 43.5 Å². The number of anilines is 1. The average molecular weight is 438 g/mol. The quantitative estimate of drug-likeness (QED) is 0.431. The van der Waals surface area contributed by atoms with Crippen molar-refractivity contribution in [1.29, 1.82) is 0 Å². The summed E-state index contributed by atoms with van der Waals surface area (Å²) in [5, 5.41) is 15.1. The van der Waals surface area contributed by atoms with Crippen LogP contribution in [0, 0.1) is 13.8 Å². The maximum absolute atomic E-state index is 12.6. The Morgan fingerprint density at radius 2 is 1.94 bits per heavy atom. The van der Waals surface area contributed by atoms with Crippen LogP contribution in [-0.4, -0.2) is 39.3 Å². The summed E-state index contributed by atoms with van der Waals surface area (Å²) < 4.78 is 5.10. The first-order valence-corrected chi connectivity index (χ1v) is 10.8. The van der Waals surface area contributed by atoms with Gasteiger partial charge in [0.2, 0.25) is 0 Å². The molecule has 0 unspecified atom stereocenters. The highest BCUT2D eigenvalue weighted by Crippen LogP contribution is 2.20. The molecule has 0 saturated heterocycles. The maximum Gasteiger partial charge on any atom is 0.330 e. The predicted octanol–water partition coefficient (Wildman–Crippen LogP) is 1.91. The second-order valence-corrected chi connectivity index (χ2v) is 7.70. The molecule has 0 bridgehead atoms. The molecule has 0 fully saturated rings. The number of aryl methyl sites for hydroxylation is 4. The molecule has 11 heteroatoms. The van der Waals surface area contributed by atoms with Gasteiger partial charge in [-0.05, 0) is 55.3 Å². The zero-order valence-corrected chi connectivity index (χ0v) is 18.7. The van der Waals surface area contributed by atoms with Crippen LogP contribution in [0.2, 0.25) is 0 Å². The van der Waals surface area contributed by atoms with Gasteiger partial charge in [-0.25, -0.2) is 9.78 Å². The minimum absolute atomic E-state index is 0.390. The van der Waals surface area contributed by atoms with E-state index in [0.717, 1.165) is 29.8 Å². The molecule has 168 valence electrons. The van der Waals surface area contributed by atoms with Gasteiger partial charge in [-0.15, -0.1) is 5.10 Å². The molecule has 0 spiro atoms. The minimum Gasteiger partial charge on any atom is -0.378 e. The molecule has 1 aromatic carbocycles. The lowest BCUT2D eigenvalue weighted by Crippen LogP contribution is -2.31. The van der Waals surface area contributed by atoms with E-state index in [1.54, 1.807) is 9.25 Å². The summed E-state index contributed by atoms with van der Waals surface area (Å²) in [6, 6.07) is 5.94. The lowest BCUT2D eigenvalue weighted by Gasteiger charge is -2.12. The van der Waals surface area contributed by atoms with Gasteiger partial charge in [0.15, 0.2) is 17.0 Å². The average Bonchev–Trinajstić information content (AvgIpc) is 3.36. The Balaban J connectivity index is 1.70. The molecule has 0 radical (unpaired) electrons. The molecule has 32 heavy (non-hydrogen) atoms. The van der Waals surface area contributed by atoms with E-state index in [0.29, 0.717) is 42.4 Å². The number of aromatic nitrogens is 8. The Bertz CT molecular complexity index is 1380. The van der Waals surface area contributed by atoms with E-state index >= 15 is 0 Å². The van der Waals surface area contributed by atoms with Crippen LogP contribution in [0.3, 0.4) is 0 Å². The monoisotopic (exact) mass is 437 g/mol. The molecule has 11 nitrogen and oxygen atoms in total. The summed E-state index contributed by atoms with van der Waals surface area (Å²) in [7, 11) is 0. The van der Waals surface area contributed by atoms with Crippen molar-refractivity contribution in [2.24, 2.45) is 0 Å². The fourth-order valence-corrected chi connectivity index (χ4v) is 3.80. The molecule has 0 aliphatic heterocycles. The lowest BCUT2D eigenvalue weighted by molar-refractivity contribution is 0.613. The lowest BCUT2D eigenvalue weighted by atomic mass is 10.2. The molecular formula is C21H27N9O2. The predicted molar refractivity (Wildman–Crippen MR) is 121 cm³/mol. The number of hydrogen-bond donors (Lipinski definition) is 2. The van der Waals surface area contributed by atoms with Crippen LogP contribution in [-0.2, 0) is 19.6 Å². The van der Waals surface area contributed by atoms with Crippen molar-refractivity contribution in [3.8, 4) is 5.69 Å². The van der Waals surface area contributed by atoms with Gasteiger partial charge in [0.1, 0.15) is 5.82 Å². The molecule has 0 amide bonds. The molecule has 0 aliphatic carbocycles. The summed E-state index contributed by atoms with van der Waals surface area (Å²) in [6.07, 6.45) is 1.77. The number of benzene rings is 1. The third-order valence-corrected chi connectivity index (χ3v) is 5.53. The second kappa shape index (κ2) is 8.77. The van der Waals surface area contributed by atoms with Gasteiger partial charge in [0.25, 0.3) is 5.56 Å². The SMILES string of the molecule is CCCCn1c(=O)[nH]c(=O)c2c1nc(CNc1ccc(C)c(-n3nnnc3C)c1)n2CC. The minimum atomic E-state index is -0.420. The number of tetrazole rings is 1. The van der Waals surface area contributed by atoms with Gasteiger partial charge in [-0.1, -0.05) is 19.4 Å². The number of aromatic amines is 1. The van der Waals surface area contributed by atoms with Crippen molar-refractivity contribution in [1.82, 2.24) is 39.3 Å². The molecular weight excluding hydrogens is 410 g/mol. The number of hydrogen-bond acceptors (Lipinski definition) is 7. The summed E-state index contributed by atoms with van der Waals surface area (Å²) in [5.41, 5.74) is 2.81. The van der Waals surface area contributed by atoms with E-state index in [9.17, 15) is 9.59 Å². The van der Waals surface area contributed by atoms with Crippen LogP contribution in [0.1, 0.15) is 43.9 Å². The van der Waals surface area contributed by atoms with Crippen molar-refractivity contribution in [2.45, 2.75) is 60.2 Å². The van der Waals surface area contributed by atoms with E-state index in [2.05, 4.69) is 37.7 Å². The first-order chi connectivity index (χ1) is 15.4. The number of unbranched alkanes of at least 4 members (excludes halogenated alkanes) is 1. The molecule has 3 heterocycles. The zero-order valence-electron chi connectivity index (χ0n) is 18.7. The smallest absolute Gasteiger partial charge is 0.330 e. The first-order valence-electron chi connectivity index (χ1n) is 10.8. The number of rotatable bonds is 8. The number of fused-ring (bicyclic) bond motifs is 1. The third-order valence-electron chi connectivity index (χ3n) is 5.53. The number of imidazole rings is 1. The molecule has 4 aromatic rings. The van der Waals surface area contributed by atoms with Gasteiger partial charge in [-0.2, -0.15) is 4.68 Å². The van der Waals surface area contributed by atoms with E-state index in [1.165, 1.54) is 0 Å². The van der Waals surface area contributed by atoms with Gasteiger partial charge >= 0.3 is 5.69 Å². The fourth-order valence-electron chi connectivity index (χ4n) is 3.80. The first kappa shape index (κ1) is 21.5. The Morgan fingerprint density at radius 3 is 2.62 bits per heavy atom. The van der Waals surface area contributed by atoms with Crippen molar-refractivity contribution in [3.05, 3.63) is 56.2 Å². The highest BCUT2D eigenvalue weighted by Gasteiger charge is 2.17.